The van der Waals surface area contributed by atoms with Crippen molar-refractivity contribution in [1.29, 1.82) is 0 Å². The number of unbranched alkanes of at least 4 members (excludes halogenated alkanes) is 1. The Morgan fingerprint density at radius 3 is 2.56 bits per heavy atom. The predicted octanol–water partition coefficient (Wildman–Crippen LogP) is 6.65. The third kappa shape index (κ3) is 3.91. The molecular formula is C24H23ClF3N3O. The third-order valence-corrected chi connectivity index (χ3v) is 5.96. The van der Waals surface area contributed by atoms with Gasteiger partial charge in [-0.1, -0.05) is 17.7 Å². The number of rotatable bonds is 6. The first-order chi connectivity index (χ1) is 15.3. The van der Waals surface area contributed by atoms with Crippen molar-refractivity contribution in [3.63, 3.8) is 0 Å². The maximum absolute atomic E-state index is 13.8. The van der Waals surface area contributed by atoms with Gasteiger partial charge in [0, 0.05) is 22.0 Å². The summed E-state index contributed by atoms with van der Waals surface area (Å²) in [7, 11) is 1.56. The molecule has 0 spiro atoms. The Morgan fingerprint density at radius 2 is 1.88 bits per heavy atom. The summed E-state index contributed by atoms with van der Waals surface area (Å²) in [5.41, 5.74) is 8.47. The maximum atomic E-state index is 13.8. The van der Waals surface area contributed by atoms with Gasteiger partial charge in [-0.3, -0.25) is 0 Å². The van der Waals surface area contributed by atoms with E-state index in [0.717, 1.165) is 41.1 Å². The normalized spacial score (nSPS) is 12.1. The second kappa shape index (κ2) is 8.64. The minimum atomic E-state index is -4.51. The third-order valence-electron chi connectivity index (χ3n) is 5.64. The SMILES string of the molecule is COc1ccc(-c2[nH]c3c(C(F)(F)F)ccc(Cl)c3c2CCCCN)c2ccc(C)nc12. The number of nitrogens with two attached hydrogens (primary N) is 1. The molecule has 0 aliphatic carbocycles. The number of methoxy groups -OCH3 is 1. The number of nitrogens with zero attached hydrogens (tertiary/aromatic N) is 1. The van der Waals surface area contributed by atoms with Crippen molar-refractivity contribution in [2.45, 2.75) is 32.4 Å². The Morgan fingerprint density at radius 1 is 1.09 bits per heavy atom. The van der Waals surface area contributed by atoms with Crippen molar-refractivity contribution >= 4 is 33.4 Å². The standard InChI is InChI=1S/C24H23ClF3N3O/c1-13-6-7-15-14(8-11-19(32-2)22(15)30-13)21-16(5-3-4-12-29)20-18(25)10-9-17(23(20)31-21)24(26,27)28/h6-11,31H,3-5,12,29H2,1-2H3. The van der Waals surface area contributed by atoms with Crippen molar-refractivity contribution < 1.29 is 17.9 Å². The van der Waals surface area contributed by atoms with Crippen LogP contribution in [0.3, 0.4) is 0 Å². The number of hydrogen-bond donors (Lipinski definition) is 2. The monoisotopic (exact) mass is 461 g/mol. The molecule has 0 fully saturated rings. The quantitative estimate of drug-likeness (QED) is 0.316. The summed E-state index contributed by atoms with van der Waals surface area (Å²) in [6.07, 6.45) is -2.48. The number of alkyl halides is 3. The highest BCUT2D eigenvalue weighted by atomic mass is 35.5. The lowest BCUT2D eigenvalue weighted by molar-refractivity contribution is -0.136. The van der Waals surface area contributed by atoms with Crippen molar-refractivity contribution in [3.05, 3.63) is 58.2 Å². The highest BCUT2D eigenvalue weighted by molar-refractivity contribution is 6.36. The van der Waals surface area contributed by atoms with Crippen LogP contribution in [0.25, 0.3) is 33.1 Å². The lowest BCUT2D eigenvalue weighted by Gasteiger charge is -2.12. The van der Waals surface area contributed by atoms with Crippen LogP contribution in [0.15, 0.2) is 36.4 Å². The van der Waals surface area contributed by atoms with Gasteiger partial charge in [-0.2, -0.15) is 13.2 Å². The molecule has 32 heavy (non-hydrogen) atoms. The zero-order valence-electron chi connectivity index (χ0n) is 17.7. The van der Waals surface area contributed by atoms with Crippen LogP contribution in [-0.2, 0) is 12.6 Å². The summed E-state index contributed by atoms with van der Waals surface area (Å²) in [4.78, 5) is 7.67. The molecule has 3 N–H and O–H groups in total. The molecule has 2 heterocycles. The molecule has 0 saturated heterocycles. The van der Waals surface area contributed by atoms with E-state index >= 15 is 0 Å². The number of hydrogen-bond acceptors (Lipinski definition) is 3. The first-order valence-electron chi connectivity index (χ1n) is 10.3. The van der Waals surface area contributed by atoms with E-state index in [-0.39, 0.29) is 10.5 Å². The number of aryl methyl sites for hydroxylation is 2. The second-order valence-corrected chi connectivity index (χ2v) is 8.14. The Labute approximate surface area is 188 Å². The van der Waals surface area contributed by atoms with Crippen LogP contribution in [0.4, 0.5) is 13.2 Å². The first-order valence-corrected chi connectivity index (χ1v) is 10.7. The van der Waals surface area contributed by atoms with Gasteiger partial charge in [0.25, 0.3) is 0 Å². The second-order valence-electron chi connectivity index (χ2n) is 7.73. The van der Waals surface area contributed by atoms with Crippen molar-refractivity contribution in [2.75, 3.05) is 13.7 Å². The van der Waals surface area contributed by atoms with Gasteiger partial charge in [0.2, 0.25) is 0 Å². The van der Waals surface area contributed by atoms with Crippen LogP contribution in [0.1, 0.15) is 29.7 Å². The van der Waals surface area contributed by atoms with Gasteiger partial charge < -0.3 is 15.5 Å². The molecular weight excluding hydrogens is 439 g/mol. The number of fused-ring (bicyclic) bond motifs is 2. The van der Waals surface area contributed by atoms with Gasteiger partial charge in [0.1, 0.15) is 11.3 Å². The largest absolute Gasteiger partial charge is 0.494 e. The number of ether oxygens (including phenoxy) is 1. The summed E-state index contributed by atoms with van der Waals surface area (Å²) in [6, 6.07) is 9.74. The summed E-state index contributed by atoms with van der Waals surface area (Å²) in [6.45, 7) is 2.38. The fraction of sp³-hybridized carbons (Fsp3) is 0.292. The smallest absolute Gasteiger partial charge is 0.418 e. The van der Waals surface area contributed by atoms with E-state index < -0.39 is 11.7 Å². The van der Waals surface area contributed by atoms with Crippen molar-refractivity contribution in [2.24, 2.45) is 5.73 Å². The van der Waals surface area contributed by atoms with Crippen molar-refractivity contribution in [1.82, 2.24) is 9.97 Å². The van der Waals surface area contributed by atoms with E-state index in [1.165, 1.54) is 6.07 Å². The molecule has 4 nitrogen and oxygen atoms in total. The molecule has 2 aromatic carbocycles. The van der Waals surface area contributed by atoms with E-state index in [1.54, 1.807) is 13.2 Å². The van der Waals surface area contributed by atoms with E-state index in [1.807, 2.05) is 25.1 Å². The number of aromatic nitrogens is 2. The van der Waals surface area contributed by atoms with Crippen LogP contribution in [0.5, 0.6) is 5.75 Å². The summed E-state index contributed by atoms with van der Waals surface area (Å²) < 4.78 is 46.8. The fourth-order valence-electron chi connectivity index (χ4n) is 4.16. The van der Waals surface area contributed by atoms with Crippen molar-refractivity contribution in [3.8, 4) is 17.0 Å². The molecule has 0 aliphatic rings. The Balaban J connectivity index is 2.06. The molecule has 0 aliphatic heterocycles. The Bertz CT molecular complexity index is 1300. The van der Waals surface area contributed by atoms with Gasteiger partial charge in [0.05, 0.1) is 28.9 Å². The van der Waals surface area contributed by atoms with Crippen LogP contribution >= 0.6 is 11.6 Å². The topological polar surface area (TPSA) is 63.9 Å². The molecule has 4 aromatic rings. The van der Waals surface area contributed by atoms with Crippen LogP contribution in [0, 0.1) is 6.92 Å². The zero-order valence-corrected chi connectivity index (χ0v) is 18.5. The molecule has 0 amide bonds. The van der Waals surface area contributed by atoms with E-state index in [4.69, 9.17) is 22.1 Å². The van der Waals surface area contributed by atoms with E-state index in [9.17, 15) is 13.2 Å². The number of pyridine rings is 1. The lowest BCUT2D eigenvalue weighted by Crippen LogP contribution is -2.05. The number of aromatic amines is 1. The van der Waals surface area contributed by atoms with Crippen LogP contribution in [-0.4, -0.2) is 23.6 Å². The molecule has 0 atom stereocenters. The van der Waals surface area contributed by atoms with Gasteiger partial charge >= 0.3 is 6.18 Å². The average Bonchev–Trinajstić information content (AvgIpc) is 3.12. The molecule has 0 saturated carbocycles. The van der Waals surface area contributed by atoms with Gasteiger partial charge in [-0.15, -0.1) is 0 Å². The van der Waals surface area contributed by atoms with E-state index in [0.29, 0.717) is 35.3 Å². The number of halogens is 4. The van der Waals surface area contributed by atoms with Crippen LogP contribution in [0.2, 0.25) is 5.02 Å². The number of H-pyrrole nitrogens is 1. The molecule has 4 rings (SSSR count). The summed E-state index contributed by atoms with van der Waals surface area (Å²) in [5.74, 6) is 0.599. The zero-order chi connectivity index (χ0) is 23.0. The van der Waals surface area contributed by atoms with E-state index in [2.05, 4.69) is 9.97 Å². The molecule has 168 valence electrons. The average molecular weight is 462 g/mol. The lowest BCUT2D eigenvalue weighted by atomic mass is 9.96. The predicted molar refractivity (Wildman–Crippen MR) is 122 cm³/mol. The van der Waals surface area contributed by atoms with Crippen LogP contribution < -0.4 is 10.5 Å². The van der Waals surface area contributed by atoms with Gasteiger partial charge in [-0.05, 0) is 68.6 Å². The molecule has 0 radical (unpaired) electrons. The highest BCUT2D eigenvalue weighted by Crippen LogP contribution is 2.44. The summed E-state index contributed by atoms with van der Waals surface area (Å²) in [5, 5.41) is 1.47. The maximum Gasteiger partial charge on any atom is 0.418 e. The van der Waals surface area contributed by atoms with Gasteiger partial charge in [-0.25, -0.2) is 4.98 Å². The minimum absolute atomic E-state index is 0.00760. The summed E-state index contributed by atoms with van der Waals surface area (Å²) >= 11 is 6.44. The number of benzene rings is 2. The molecule has 2 aromatic heterocycles. The fourth-order valence-corrected chi connectivity index (χ4v) is 4.43. The highest BCUT2D eigenvalue weighted by Gasteiger charge is 2.35. The first kappa shape index (κ1) is 22.4. The Hall–Kier alpha value is -2.77. The molecule has 8 heteroatoms. The Kier molecular flexibility index (Phi) is 6.05. The minimum Gasteiger partial charge on any atom is -0.494 e. The van der Waals surface area contributed by atoms with Gasteiger partial charge in [0.15, 0.2) is 0 Å². The molecule has 0 bridgehead atoms. The number of nitrogens with one attached hydrogen (secondary N) is 1. The molecule has 0 unspecified atom stereocenters.